The Morgan fingerprint density at radius 1 is 1.23 bits per heavy atom. The van der Waals surface area contributed by atoms with Crippen molar-refractivity contribution in [3.63, 3.8) is 0 Å². The standard InChI is InChI=1S/C24H39FN2O3Si/c1-7-15-24(3,4)31(5,6)30-16-11-14-21(25)18-26-23(29)22(27-19(2)28)17-20-12-9-8-10-13-20/h8-10,12-14,22H,7,11,15-18H2,1-6H3,(H,26,29)(H,27,28)/b21-14-/t22-/m0/s1. The van der Waals surface area contributed by atoms with Crippen LogP contribution >= 0.6 is 0 Å². The Bertz CT molecular complexity index is 736. The van der Waals surface area contributed by atoms with E-state index in [2.05, 4.69) is 44.5 Å². The lowest BCUT2D eigenvalue weighted by Gasteiger charge is -2.39. The fraction of sp³-hybridized carbons (Fsp3) is 0.583. The molecule has 0 aromatic heterocycles. The Kier molecular flexibility index (Phi) is 11.1. The van der Waals surface area contributed by atoms with Gasteiger partial charge in [-0.05, 0) is 42.6 Å². The molecule has 1 aromatic carbocycles. The van der Waals surface area contributed by atoms with Gasteiger partial charge in [0.15, 0.2) is 8.32 Å². The maximum atomic E-state index is 14.2. The number of nitrogens with one attached hydrogen (secondary N) is 2. The van der Waals surface area contributed by atoms with Crippen LogP contribution in [-0.4, -0.2) is 39.3 Å². The van der Waals surface area contributed by atoms with Gasteiger partial charge in [-0.1, -0.05) is 57.5 Å². The highest BCUT2D eigenvalue weighted by atomic mass is 28.4. The van der Waals surface area contributed by atoms with Gasteiger partial charge in [0.05, 0.1) is 6.54 Å². The van der Waals surface area contributed by atoms with Crippen molar-refractivity contribution in [2.45, 2.75) is 77.6 Å². The van der Waals surface area contributed by atoms with Gasteiger partial charge in [-0.15, -0.1) is 0 Å². The summed E-state index contributed by atoms with van der Waals surface area (Å²) in [6, 6.07) is 8.65. The van der Waals surface area contributed by atoms with Crippen LogP contribution in [-0.2, 0) is 20.4 Å². The summed E-state index contributed by atoms with van der Waals surface area (Å²) in [6.45, 7) is 12.7. The van der Waals surface area contributed by atoms with Crippen LogP contribution in [0.3, 0.4) is 0 Å². The van der Waals surface area contributed by atoms with Crippen LogP contribution in [0.25, 0.3) is 0 Å². The maximum absolute atomic E-state index is 14.2. The molecule has 0 radical (unpaired) electrons. The molecule has 5 nitrogen and oxygen atoms in total. The van der Waals surface area contributed by atoms with Gasteiger partial charge in [-0.2, -0.15) is 0 Å². The fourth-order valence-corrected chi connectivity index (χ4v) is 5.19. The van der Waals surface area contributed by atoms with Crippen LogP contribution in [0.2, 0.25) is 18.1 Å². The van der Waals surface area contributed by atoms with Crippen molar-refractivity contribution in [3.05, 3.63) is 47.8 Å². The molecule has 1 aromatic rings. The minimum Gasteiger partial charge on any atom is -0.417 e. The number of halogens is 1. The van der Waals surface area contributed by atoms with E-state index in [0.29, 0.717) is 19.4 Å². The van der Waals surface area contributed by atoms with E-state index in [1.165, 1.54) is 13.0 Å². The molecule has 174 valence electrons. The van der Waals surface area contributed by atoms with Crippen molar-refractivity contribution < 1.29 is 18.4 Å². The molecule has 0 spiro atoms. The minimum atomic E-state index is -1.89. The number of hydrogen-bond donors (Lipinski definition) is 2. The molecule has 0 aliphatic carbocycles. The van der Waals surface area contributed by atoms with Crippen molar-refractivity contribution in [1.29, 1.82) is 0 Å². The molecule has 0 saturated carbocycles. The third-order valence-electron chi connectivity index (χ3n) is 5.86. The van der Waals surface area contributed by atoms with E-state index in [9.17, 15) is 14.0 Å². The second-order valence-electron chi connectivity index (χ2n) is 9.09. The number of hydrogen-bond acceptors (Lipinski definition) is 3. The Morgan fingerprint density at radius 2 is 1.87 bits per heavy atom. The van der Waals surface area contributed by atoms with E-state index in [4.69, 9.17) is 4.43 Å². The Labute approximate surface area is 188 Å². The van der Waals surface area contributed by atoms with Crippen LogP contribution in [0, 0.1) is 0 Å². The highest BCUT2D eigenvalue weighted by Gasteiger charge is 2.39. The van der Waals surface area contributed by atoms with E-state index in [1.807, 2.05) is 30.3 Å². The van der Waals surface area contributed by atoms with E-state index in [1.54, 1.807) is 0 Å². The second kappa shape index (κ2) is 12.8. The first kappa shape index (κ1) is 27.0. The van der Waals surface area contributed by atoms with Crippen molar-refractivity contribution in [2.75, 3.05) is 13.2 Å². The van der Waals surface area contributed by atoms with Gasteiger partial charge in [0, 0.05) is 20.0 Å². The molecular formula is C24H39FN2O3Si. The van der Waals surface area contributed by atoms with Crippen molar-refractivity contribution in [3.8, 4) is 0 Å². The first-order chi connectivity index (χ1) is 14.5. The zero-order valence-electron chi connectivity index (χ0n) is 19.9. The summed E-state index contributed by atoms with van der Waals surface area (Å²) in [6.07, 6.45) is 4.49. The van der Waals surface area contributed by atoms with Crippen LogP contribution < -0.4 is 10.6 Å². The van der Waals surface area contributed by atoms with Crippen molar-refractivity contribution >= 4 is 20.1 Å². The summed E-state index contributed by atoms with van der Waals surface area (Å²) in [5.41, 5.74) is 0.919. The SMILES string of the molecule is CCCC(C)(C)[Si](C)(C)OCC/C=C(\F)CNC(=O)[C@H](Cc1ccccc1)NC(C)=O. The molecule has 1 atom stereocenters. The van der Waals surface area contributed by atoms with Crippen molar-refractivity contribution in [2.24, 2.45) is 0 Å². The predicted octanol–water partition coefficient (Wildman–Crippen LogP) is 4.90. The first-order valence-electron chi connectivity index (χ1n) is 11.1. The van der Waals surface area contributed by atoms with Crippen LogP contribution in [0.5, 0.6) is 0 Å². The van der Waals surface area contributed by atoms with Gasteiger partial charge in [0.25, 0.3) is 0 Å². The molecular weight excluding hydrogens is 411 g/mol. The molecule has 0 heterocycles. The third kappa shape index (κ3) is 9.78. The second-order valence-corrected chi connectivity index (χ2v) is 13.8. The van der Waals surface area contributed by atoms with Crippen molar-refractivity contribution in [1.82, 2.24) is 10.6 Å². The highest BCUT2D eigenvalue weighted by molar-refractivity contribution is 6.74. The lowest BCUT2D eigenvalue weighted by molar-refractivity contribution is -0.128. The zero-order chi connectivity index (χ0) is 23.5. The molecule has 0 saturated heterocycles. The Hall–Kier alpha value is -1.99. The smallest absolute Gasteiger partial charge is 0.243 e. The van der Waals surface area contributed by atoms with Crippen LogP contribution in [0.1, 0.15) is 52.5 Å². The quantitative estimate of drug-likeness (QED) is 0.332. The summed E-state index contributed by atoms with van der Waals surface area (Å²) in [7, 11) is -1.89. The van der Waals surface area contributed by atoms with Crippen LogP contribution in [0.4, 0.5) is 4.39 Å². The van der Waals surface area contributed by atoms with Gasteiger partial charge in [0.2, 0.25) is 11.8 Å². The topological polar surface area (TPSA) is 67.4 Å². The number of amides is 2. The summed E-state index contributed by atoms with van der Waals surface area (Å²) < 4.78 is 20.4. The minimum absolute atomic E-state index is 0.162. The average Bonchev–Trinajstić information content (AvgIpc) is 2.69. The first-order valence-corrected chi connectivity index (χ1v) is 14.0. The number of rotatable bonds is 13. The van der Waals surface area contributed by atoms with E-state index >= 15 is 0 Å². The lowest BCUT2D eigenvalue weighted by Crippen LogP contribution is -2.47. The van der Waals surface area contributed by atoms with Gasteiger partial charge in [0.1, 0.15) is 11.9 Å². The van der Waals surface area contributed by atoms with Gasteiger partial charge < -0.3 is 15.1 Å². The molecule has 2 amide bonds. The predicted molar refractivity (Wildman–Crippen MR) is 127 cm³/mol. The number of carbonyl (C=O) groups excluding carboxylic acids is 2. The molecule has 7 heteroatoms. The lowest BCUT2D eigenvalue weighted by atomic mass is 10.1. The summed E-state index contributed by atoms with van der Waals surface area (Å²) in [5, 5.41) is 5.38. The third-order valence-corrected chi connectivity index (χ3v) is 10.3. The van der Waals surface area contributed by atoms with E-state index < -0.39 is 26.1 Å². The molecule has 0 fully saturated rings. The van der Waals surface area contributed by atoms with Crippen LogP contribution in [0.15, 0.2) is 42.2 Å². The number of carbonyl (C=O) groups is 2. The molecule has 0 unspecified atom stereocenters. The molecule has 2 N–H and O–H groups in total. The summed E-state index contributed by atoms with van der Waals surface area (Å²) >= 11 is 0. The largest absolute Gasteiger partial charge is 0.417 e. The molecule has 31 heavy (non-hydrogen) atoms. The monoisotopic (exact) mass is 450 g/mol. The van der Waals surface area contributed by atoms with E-state index in [0.717, 1.165) is 18.4 Å². The molecule has 0 aliphatic rings. The van der Waals surface area contributed by atoms with Gasteiger partial charge >= 0.3 is 0 Å². The Morgan fingerprint density at radius 3 is 2.45 bits per heavy atom. The maximum Gasteiger partial charge on any atom is 0.243 e. The highest BCUT2D eigenvalue weighted by Crippen LogP contribution is 2.42. The molecule has 0 bridgehead atoms. The normalized spacial score (nSPS) is 13.6. The fourth-order valence-electron chi connectivity index (χ4n) is 3.32. The zero-order valence-corrected chi connectivity index (χ0v) is 20.9. The Balaban J connectivity index is 2.52. The van der Waals surface area contributed by atoms with E-state index in [-0.39, 0.29) is 17.5 Å². The number of benzene rings is 1. The summed E-state index contributed by atoms with van der Waals surface area (Å²) in [4.78, 5) is 23.9. The summed E-state index contributed by atoms with van der Waals surface area (Å²) in [5.74, 6) is -1.12. The molecule has 0 aliphatic heterocycles. The molecule has 1 rings (SSSR count). The van der Waals surface area contributed by atoms with Gasteiger partial charge in [-0.25, -0.2) is 4.39 Å². The average molecular weight is 451 g/mol. The van der Waals surface area contributed by atoms with Gasteiger partial charge in [-0.3, -0.25) is 9.59 Å².